The molecule has 3 heterocycles. The minimum Gasteiger partial charge on any atom is -0.496 e. The predicted octanol–water partition coefficient (Wildman–Crippen LogP) is 0.712. The summed E-state index contributed by atoms with van der Waals surface area (Å²) in [7, 11) is 1.48. The molecule has 1 aromatic rings. The summed E-state index contributed by atoms with van der Waals surface area (Å²) in [5, 5.41) is 2.91. The zero-order valence-corrected chi connectivity index (χ0v) is 12.2. The average Bonchev–Trinajstić information content (AvgIpc) is 3.15. The van der Waals surface area contributed by atoms with Gasteiger partial charge in [0.1, 0.15) is 11.3 Å². The van der Waals surface area contributed by atoms with Crippen LogP contribution in [0.2, 0.25) is 0 Å². The Balaban J connectivity index is 1.84. The van der Waals surface area contributed by atoms with Gasteiger partial charge in [0.05, 0.1) is 13.2 Å². The number of carbonyl (C=O) groups excluding carboxylic acids is 1. The highest BCUT2D eigenvalue weighted by Gasteiger charge is 2.26. The summed E-state index contributed by atoms with van der Waals surface area (Å²) in [6, 6.07) is 1.40. The molecule has 0 aliphatic carbocycles. The van der Waals surface area contributed by atoms with Gasteiger partial charge in [-0.1, -0.05) is 0 Å². The third-order valence-corrected chi connectivity index (χ3v) is 4.14. The van der Waals surface area contributed by atoms with Crippen LogP contribution in [0.4, 0.5) is 0 Å². The predicted molar refractivity (Wildman–Crippen MR) is 76.9 cm³/mol. The van der Waals surface area contributed by atoms with Crippen LogP contribution >= 0.6 is 0 Å². The fourth-order valence-electron chi connectivity index (χ4n) is 3.09. The molecule has 114 valence electrons. The van der Waals surface area contributed by atoms with Crippen molar-refractivity contribution < 1.29 is 14.3 Å². The Morgan fingerprint density at radius 3 is 3.10 bits per heavy atom. The molecule has 3 rings (SSSR count). The van der Waals surface area contributed by atoms with Crippen LogP contribution in [0.1, 0.15) is 35.3 Å². The van der Waals surface area contributed by atoms with Gasteiger partial charge in [-0.3, -0.25) is 9.59 Å². The van der Waals surface area contributed by atoms with Gasteiger partial charge >= 0.3 is 0 Å². The summed E-state index contributed by atoms with van der Waals surface area (Å²) >= 11 is 0. The first-order valence-electron chi connectivity index (χ1n) is 7.41. The number of hydrogen-bond acceptors (Lipinski definition) is 4. The number of aromatic nitrogens is 1. The number of amides is 1. The maximum absolute atomic E-state index is 12.5. The number of pyridine rings is 1. The normalized spacial score (nSPS) is 20.3. The first kappa shape index (κ1) is 14.1. The molecule has 1 aromatic heterocycles. The molecule has 0 bridgehead atoms. The van der Waals surface area contributed by atoms with E-state index < -0.39 is 0 Å². The standard InChI is InChI=1S/C15H20N2O4/c1-20-12-8-13(18)17-6-2-5-11(17)14(12)15(19)16-9-10-4-3-7-21-10/h8,10H,2-7,9H2,1H3,(H,16,19). The van der Waals surface area contributed by atoms with Crippen LogP contribution in [0.15, 0.2) is 10.9 Å². The molecule has 6 nitrogen and oxygen atoms in total. The van der Waals surface area contributed by atoms with E-state index in [9.17, 15) is 9.59 Å². The van der Waals surface area contributed by atoms with Crippen LogP contribution in [-0.2, 0) is 17.7 Å². The van der Waals surface area contributed by atoms with E-state index in [-0.39, 0.29) is 17.6 Å². The molecule has 1 atom stereocenters. The maximum atomic E-state index is 12.5. The zero-order valence-electron chi connectivity index (χ0n) is 12.2. The summed E-state index contributed by atoms with van der Waals surface area (Å²) in [6.45, 7) is 1.94. The topological polar surface area (TPSA) is 69.6 Å². The number of nitrogens with one attached hydrogen (secondary N) is 1. The maximum Gasteiger partial charge on any atom is 0.256 e. The van der Waals surface area contributed by atoms with E-state index in [1.165, 1.54) is 13.2 Å². The lowest BCUT2D eigenvalue weighted by molar-refractivity contribution is 0.0854. The van der Waals surface area contributed by atoms with E-state index in [1.807, 2.05) is 0 Å². The minimum atomic E-state index is -0.187. The summed E-state index contributed by atoms with van der Waals surface area (Å²) in [5.74, 6) is 0.172. The minimum absolute atomic E-state index is 0.0967. The fraction of sp³-hybridized carbons (Fsp3) is 0.600. The molecule has 2 aliphatic heterocycles. The number of hydrogen-bond donors (Lipinski definition) is 1. The molecule has 1 N–H and O–H groups in total. The lowest BCUT2D eigenvalue weighted by Gasteiger charge is -2.15. The van der Waals surface area contributed by atoms with Crippen molar-refractivity contribution in [3.63, 3.8) is 0 Å². The highest BCUT2D eigenvalue weighted by atomic mass is 16.5. The molecule has 2 aliphatic rings. The third kappa shape index (κ3) is 2.68. The largest absolute Gasteiger partial charge is 0.496 e. The van der Waals surface area contributed by atoms with Gasteiger partial charge < -0.3 is 19.4 Å². The zero-order chi connectivity index (χ0) is 14.8. The van der Waals surface area contributed by atoms with Crippen LogP contribution in [0, 0.1) is 0 Å². The van der Waals surface area contributed by atoms with E-state index in [1.54, 1.807) is 4.57 Å². The SMILES string of the molecule is COc1cc(=O)n2c(c1C(=O)NCC1CCCO1)CCC2. The molecule has 0 radical (unpaired) electrons. The summed E-state index contributed by atoms with van der Waals surface area (Å²) < 4.78 is 12.4. The Kier molecular flexibility index (Phi) is 3.96. The molecular formula is C15H20N2O4. The lowest BCUT2D eigenvalue weighted by atomic mass is 10.1. The Morgan fingerprint density at radius 1 is 1.52 bits per heavy atom. The van der Waals surface area contributed by atoms with E-state index in [2.05, 4.69) is 5.32 Å². The van der Waals surface area contributed by atoms with Gasteiger partial charge in [-0.15, -0.1) is 0 Å². The van der Waals surface area contributed by atoms with Crippen molar-refractivity contribution in [3.8, 4) is 5.75 Å². The average molecular weight is 292 g/mol. The highest BCUT2D eigenvalue weighted by molar-refractivity contribution is 5.98. The number of nitrogens with zero attached hydrogens (tertiary/aromatic N) is 1. The summed E-state index contributed by atoms with van der Waals surface area (Å²) in [6.07, 6.45) is 3.73. The van der Waals surface area contributed by atoms with Crippen molar-refractivity contribution in [1.29, 1.82) is 0 Å². The molecular weight excluding hydrogens is 272 g/mol. The first-order chi connectivity index (χ1) is 10.2. The highest BCUT2D eigenvalue weighted by Crippen LogP contribution is 2.25. The molecule has 21 heavy (non-hydrogen) atoms. The van der Waals surface area contributed by atoms with Gasteiger partial charge in [0.2, 0.25) is 0 Å². The van der Waals surface area contributed by atoms with Gasteiger partial charge in [0.25, 0.3) is 11.5 Å². The number of carbonyl (C=O) groups is 1. The van der Waals surface area contributed by atoms with Crippen molar-refractivity contribution in [3.05, 3.63) is 27.7 Å². The van der Waals surface area contributed by atoms with Crippen molar-refractivity contribution in [2.24, 2.45) is 0 Å². The second kappa shape index (κ2) is 5.89. The molecule has 1 saturated heterocycles. The molecule has 0 saturated carbocycles. The molecule has 0 spiro atoms. The number of rotatable bonds is 4. The monoisotopic (exact) mass is 292 g/mol. The quantitative estimate of drug-likeness (QED) is 0.887. The third-order valence-electron chi connectivity index (χ3n) is 4.14. The Hall–Kier alpha value is -1.82. The Morgan fingerprint density at radius 2 is 2.38 bits per heavy atom. The smallest absolute Gasteiger partial charge is 0.256 e. The molecule has 6 heteroatoms. The lowest BCUT2D eigenvalue weighted by Crippen LogP contribution is -2.34. The molecule has 1 amide bonds. The van der Waals surface area contributed by atoms with Crippen molar-refractivity contribution in [1.82, 2.24) is 9.88 Å². The number of methoxy groups -OCH3 is 1. The van der Waals surface area contributed by atoms with Crippen LogP contribution in [-0.4, -0.2) is 36.8 Å². The molecule has 0 aromatic carbocycles. The van der Waals surface area contributed by atoms with E-state index in [0.29, 0.717) is 24.4 Å². The van der Waals surface area contributed by atoms with Crippen LogP contribution in [0.3, 0.4) is 0 Å². The summed E-state index contributed by atoms with van der Waals surface area (Å²) in [5.41, 5.74) is 1.17. The second-order valence-corrected chi connectivity index (χ2v) is 5.47. The van der Waals surface area contributed by atoms with Crippen LogP contribution < -0.4 is 15.6 Å². The fourth-order valence-corrected chi connectivity index (χ4v) is 3.09. The van der Waals surface area contributed by atoms with Crippen molar-refractivity contribution >= 4 is 5.91 Å². The van der Waals surface area contributed by atoms with Crippen LogP contribution in [0.25, 0.3) is 0 Å². The summed E-state index contributed by atoms with van der Waals surface area (Å²) in [4.78, 5) is 24.5. The van der Waals surface area contributed by atoms with Crippen molar-refractivity contribution in [2.75, 3.05) is 20.3 Å². The van der Waals surface area contributed by atoms with E-state index in [4.69, 9.17) is 9.47 Å². The molecule has 1 fully saturated rings. The Bertz CT molecular complexity index is 602. The van der Waals surface area contributed by atoms with E-state index >= 15 is 0 Å². The number of ether oxygens (including phenoxy) is 2. The second-order valence-electron chi connectivity index (χ2n) is 5.47. The Labute approximate surface area is 123 Å². The van der Waals surface area contributed by atoms with Gasteiger partial charge in [-0.05, 0) is 25.7 Å². The van der Waals surface area contributed by atoms with Gasteiger partial charge in [-0.25, -0.2) is 0 Å². The van der Waals surface area contributed by atoms with Crippen molar-refractivity contribution in [2.45, 2.75) is 38.3 Å². The molecule has 1 unspecified atom stereocenters. The van der Waals surface area contributed by atoms with Gasteiger partial charge in [-0.2, -0.15) is 0 Å². The van der Waals surface area contributed by atoms with Gasteiger partial charge in [0.15, 0.2) is 0 Å². The van der Waals surface area contributed by atoms with Gasteiger partial charge in [0, 0.05) is 31.5 Å². The first-order valence-corrected chi connectivity index (χ1v) is 7.41. The van der Waals surface area contributed by atoms with Crippen LogP contribution in [0.5, 0.6) is 5.75 Å². The number of fused-ring (bicyclic) bond motifs is 1. The van der Waals surface area contributed by atoms with E-state index in [0.717, 1.165) is 38.0 Å².